The Labute approximate surface area is 116 Å². The fourth-order valence-corrected chi connectivity index (χ4v) is 2.88. The molecule has 0 spiro atoms. The number of methoxy groups -OCH3 is 2. The van der Waals surface area contributed by atoms with Gasteiger partial charge in [0.05, 0.1) is 4.88 Å². The summed E-state index contributed by atoms with van der Waals surface area (Å²) in [7, 11) is 2.96. The largest absolute Gasteiger partial charge is 0.343 e. The maximum absolute atomic E-state index is 12.7. The number of carbonyl (C=O) groups is 1. The van der Waals surface area contributed by atoms with Crippen LogP contribution in [0.2, 0.25) is 0 Å². The number of hydrogen-bond donors (Lipinski definition) is 0. The fourth-order valence-electron chi connectivity index (χ4n) is 2.01. The zero-order chi connectivity index (χ0) is 13.9. The van der Waals surface area contributed by atoms with Crippen LogP contribution >= 0.6 is 11.3 Å². The zero-order valence-corrected chi connectivity index (χ0v) is 12.0. The minimum absolute atomic E-state index is 0.179. The highest BCUT2D eigenvalue weighted by atomic mass is 32.1. The first-order chi connectivity index (χ1) is 9.14. The first-order valence-corrected chi connectivity index (χ1v) is 6.78. The highest BCUT2D eigenvalue weighted by molar-refractivity contribution is 7.12. The minimum atomic E-state index is -1.38. The molecule has 0 N–H and O–H groups in total. The standard InChI is InChI=1S/C15H16O3S/c1-11-9-13(19-10-11)14(16)15(17-2,18-3)12-7-5-4-6-8-12/h4-10H,1-3H3. The van der Waals surface area contributed by atoms with Crippen molar-refractivity contribution in [3.8, 4) is 0 Å². The summed E-state index contributed by atoms with van der Waals surface area (Å²) in [5.41, 5.74) is 1.75. The van der Waals surface area contributed by atoms with E-state index in [0.717, 1.165) is 5.56 Å². The van der Waals surface area contributed by atoms with Crippen molar-refractivity contribution < 1.29 is 14.3 Å². The molecule has 0 aliphatic rings. The lowest BCUT2D eigenvalue weighted by Crippen LogP contribution is -2.39. The molecule has 19 heavy (non-hydrogen) atoms. The van der Waals surface area contributed by atoms with Gasteiger partial charge in [-0.1, -0.05) is 30.3 Å². The maximum atomic E-state index is 12.7. The summed E-state index contributed by atoms with van der Waals surface area (Å²) in [6.45, 7) is 1.96. The third-order valence-corrected chi connectivity index (χ3v) is 4.03. The Bertz CT molecular complexity index is 556. The number of carbonyl (C=O) groups excluding carboxylic acids is 1. The van der Waals surface area contributed by atoms with Gasteiger partial charge in [0.15, 0.2) is 0 Å². The summed E-state index contributed by atoms with van der Waals surface area (Å²) in [4.78, 5) is 13.3. The average molecular weight is 276 g/mol. The van der Waals surface area contributed by atoms with Crippen molar-refractivity contribution in [3.05, 3.63) is 57.8 Å². The average Bonchev–Trinajstić information content (AvgIpc) is 2.88. The molecule has 0 aliphatic heterocycles. The molecule has 0 atom stereocenters. The van der Waals surface area contributed by atoms with Crippen LogP contribution in [-0.4, -0.2) is 20.0 Å². The van der Waals surface area contributed by atoms with Crippen LogP contribution in [0.1, 0.15) is 20.8 Å². The lowest BCUT2D eigenvalue weighted by molar-refractivity contribution is -0.176. The summed E-state index contributed by atoms with van der Waals surface area (Å²) in [5.74, 6) is -1.56. The highest BCUT2D eigenvalue weighted by Crippen LogP contribution is 2.32. The summed E-state index contributed by atoms with van der Waals surface area (Å²) < 4.78 is 10.9. The SMILES string of the molecule is COC(OC)(C(=O)c1cc(C)cs1)c1ccccc1. The molecule has 0 fully saturated rings. The van der Waals surface area contributed by atoms with Gasteiger partial charge in [0.2, 0.25) is 5.78 Å². The Morgan fingerprint density at radius 1 is 1.16 bits per heavy atom. The molecule has 0 saturated carbocycles. The van der Waals surface area contributed by atoms with Crippen molar-refractivity contribution in [3.63, 3.8) is 0 Å². The van der Waals surface area contributed by atoms with Crippen molar-refractivity contribution in [2.24, 2.45) is 0 Å². The zero-order valence-electron chi connectivity index (χ0n) is 11.2. The summed E-state index contributed by atoms with van der Waals surface area (Å²) in [6, 6.07) is 11.1. The third-order valence-electron chi connectivity index (χ3n) is 2.98. The summed E-state index contributed by atoms with van der Waals surface area (Å²) >= 11 is 1.40. The topological polar surface area (TPSA) is 35.5 Å². The van der Waals surface area contributed by atoms with Gasteiger partial charge in [-0.3, -0.25) is 4.79 Å². The van der Waals surface area contributed by atoms with Gasteiger partial charge in [0, 0.05) is 19.8 Å². The van der Waals surface area contributed by atoms with E-state index in [9.17, 15) is 4.79 Å². The van der Waals surface area contributed by atoms with Gasteiger partial charge in [0.1, 0.15) is 0 Å². The first-order valence-electron chi connectivity index (χ1n) is 5.90. The number of Topliss-reactive ketones (excluding diaryl/α,β-unsaturated/α-hetero) is 1. The summed E-state index contributed by atoms with van der Waals surface area (Å²) in [5, 5.41) is 1.94. The van der Waals surface area contributed by atoms with E-state index in [0.29, 0.717) is 10.4 Å². The minimum Gasteiger partial charge on any atom is -0.343 e. The van der Waals surface area contributed by atoms with Gasteiger partial charge >= 0.3 is 0 Å². The Kier molecular flexibility index (Phi) is 4.14. The number of ether oxygens (including phenoxy) is 2. The van der Waals surface area contributed by atoms with E-state index in [-0.39, 0.29) is 5.78 Å². The Morgan fingerprint density at radius 2 is 1.79 bits per heavy atom. The molecule has 100 valence electrons. The normalized spacial score (nSPS) is 11.5. The van der Waals surface area contributed by atoms with Gasteiger partial charge < -0.3 is 9.47 Å². The molecule has 3 nitrogen and oxygen atoms in total. The maximum Gasteiger partial charge on any atom is 0.261 e. The van der Waals surface area contributed by atoms with E-state index >= 15 is 0 Å². The predicted octanol–water partition coefficient (Wildman–Crippen LogP) is 3.39. The molecular formula is C15H16O3S. The van der Waals surface area contributed by atoms with Crippen molar-refractivity contribution in [2.45, 2.75) is 12.7 Å². The molecule has 0 radical (unpaired) electrons. The number of aryl methyl sites for hydroxylation is 1. The number of rotatable bonds is 5. The lowest BCUT2D eigenvalue weighted by atomic mass is 10.00. The smallest absolute Gasteiger partial charge is 0.261 e. The van der Waals surface area contributed by atoms with Gasteiger partial charge in [-0.25, -0.2) is 0 Å². The quantitative estimate of drug-likeness (QED) is 0.620. The number of hydrogen-bond acceptors (Lipinski definition) is 4. The number of benzene rings is 1. The third kappa shape index (κ3) is 2.47. The molecule has 1 aromatic carbocycles. The van der Waals surface area contributed by atoms with Gasteiger partial charge in [-0.15, -0.1) is 11.3 Å². The van der Waals surface area contributed by atoms with Gasteiger partial charge in [-0.05, 0) is 23.9 Å². The van der Waals surface area contributed by atoms with Crippen LogP contribution in [0.3, 0.4) is 0 Å². The first kappa shape index (κ1) is 13.9. The van der Waals surface area contributed by atoms with Crippen LogP contribution in [0, 0.1) is 6.92 Å². The van der Waals surface area contributed by atoms with E-state index < -0.39 is 5.79 Å². The Balaban J connectivity index is 2.48. The Hall–Kier alpha value is -1.49. The molecule has 2 rings (SSSR count). The van der Waals surface area contributed by atoms with Crippen LogP contribution in [0.5, 0.6) is 0 Å². The van der Waals surface area contributed by atoms with Crippen molar-refractivity contribution in [1.82, 2.24) is 0 Å². The highest BCUT2D eigenvalue weighted by Gasteiger charge is 2.42. The molecular weight excluding hydrogens is 260 g/mol. The van der Waals surface area contributed by atoms with Gasteiger partial charge in [-0.2, -0.15) is 0 Å². The van der Waals surface area contributed by atoms with Crippen molar-refractivity contribution in [1.29, 1.82) is 0 Å². The van der Waals surface area contributed by atoms with Crippen LogP contribution in [0.25, 0.3) is 0 Å². The fraction of sp³-hybridized carbons (Fsp3) is 0.267. The number of thiophene rings is 1. The molecule has 0 bridgehead atoms. The van der Waals surface area contributed by atoms with E-state index in [4.69, 9.17) is 9.47 Å². The molecule has 4 heteroatoms. The molecule has 0 aliphatic carbocycles. The molecule has 0 amide bonds. The molecule has 1 aromatic heterocycles. The lowest BCUT2D eigenvalue weighted by Gasteiger charge is -2.29. The second-order valence-electron chi connectivity index (χ2n) is 4.21. The van der Waals surface area contributed by atoms with E-state index in [2.05, 4.69) is 0 Å². The van der Waals surface area contributed by atoms with Crippen LogP contribution in [0.4, 0.5) is 0 Å². The monoisotopic (exact) mass is 276 g/mol. The summed E-state index contributed by atoms with van der Waals surface area (Å²) in [6.07, 6.45) is 0. The van der Waals surface area contributed by atoms with Crippen LogP contribution in [-0.2, 0) is 15.3 Å². The van der Waals surface area contributed by atoms with Crippen LogP contribution in [0.15, 0.2) is 41.8 Å². The van der Waals surface area contributed by atoms with Crippen molar-refractivity contribution in [2.75, 3.05) is 14.2 Å². The molecule has 0 unspecified atom stereocenters. The van der Waals surface area contributed by atoms with E-state index in [1.165, 1.54) is 25.6 Å². The van der Waals surface area contributed by atoms with Crippen LogP contribution < -0.4 is 0 Å². The molecule has 2 aromatic rings. The predicted molar refractivity (Wildman–Crippen MR) is 75.5 cm³/mol. The molecule has 1 heterocycles. The van der Waals surface area contributed by atoms with E-state index in [1.807, 2.05) is 48.7 Å². The molecule has 0 saturated heterocycles. The Morgan fingerprint density at radius 3 is 2.26 bits per heavy atom. The van der Waals surface area contributed by atoms with E-state index in [1.54, 1.807) is 0 Å². The number of ketones is 1. The van der Waals surface area contributed by atoms with Crippen molar-refractivity contribution >= 4 is 17.1 Å². The second kappa shape index (κ2) is 5.65. The van der Waals surface area contributed by atoms with Gasteiger partial charge in [0.25, 0.3) is 5.79 Å². The second-order valence-corrected chi connectivity index (χ2v) is 5.12.